The lowest BCUT2D eigenvalue weighted by atomic mass is 9.86. The van der Waals surface area contributed by atoms with Crippen LogP contribution in [0, 0.1) is 5.92 Å². The fraction of sp³-hybridized carbons (Fsp3) is 0.471. The molecule has 3 rings (SSSR count). The quantitative estimate of drug-likeness (QED) is 0.801. The number of carbonyl (C=O) groups excluding carboxylic acids is 1. The second kappa shape index (κ2) is 5.53. The fourth-order valence-electron chi connectivity index (χ4n) is 3.12. The Morgan fingerprint density at radius 1 is 1.38 bits per heavy atom. The minimum Gasteiger partial charge on any atom is -0.466 e. The monoisotopic (exact) mass is 288 g/mol. The highest BCUT2D eigenvalue weighted by atomic mass is 16.7. The van der Waals surface area contributed by atoms with E-state index in [-0.39, 0.29) is 18.5 Å². The lowest BCUT2D eigenvalue weighted by Gasteiger charge is -2.35. The Labute approximate surface area is 124 Å². The molecule has 0 radical (unpaired) electrons. The minimum atomic E-state index is -0.705. The number of ether oxygens (including phenoxy) is 3. The number of rotatable bonds is 3. The summed E-state index contributed by atoms with van der Waals surface area (Å²) in [5.74, 6) is -0.406. The molecule has 1 saturated heterocycles. The highest BCUT2D eigenvalue weighted by molar-refractivity contribution is 5.90. The van der Waals surface area contributed by atoms with Crippen LogP contribution in [0.25, 0.3) is 0 Å². The smallest absolute Gasteiger partial charge is 0.338 e. The Hall–Kier alpha value is -1.81. The molecule has 1 aromatic carbocycles. The number of allylic oxidation sites excluding steroid dienone is 1. The first kappa shape index (κ1) is 14.1. The molecular formula is C17H20O4. The topological polar surface area (TPSA) is 44.8 Å². The molecule has 0 aliphatic carbocycles. The molecule has 2 heterocycles. The summed E-state index contributed by atoms with van der Waals surface area (Å²) in [5, 5.41) is 0. The van der Waals surface area contributed by atoms with Crippen LogP contribution in [0.3, 0.4) is 0 Å². The lowest BCUT2D eigenvalue weighted by molar-refractivity contribution is -0.230. The molecule has 4 heteroatoms. The van der Waals surface area contributed by atoms with Crippen molar-refractivity contribution in [2.24, 2.45) is 5.92 Å². The second-order valence-corrected chi connectivity index (χ2v) is 5.69. The molecule has 1 aromatic rings. The van der Waals surface area contributed by atoms with Crippen molar-refractivity contribution in [3.63, 3.8) is 0 Å². The predicted octanol–water partition coefficient (Wildman–Crippen LogP) is 3.18. The van der Waals surface area contributed by atoms with Crippen LogP contribution in [0.15, 0.2) is 41.7 Å². The van der Waals surface area contributed by atoms with Crippen molar-refractivity contribution in [2.45, 2.75) is 39.1 Å². The van der Waals surface area contributed by atoms with E-state index in [9.17, 15) is 4.79 Å². The van der Waals surface area contributed by atoms with Crippen LogP contribution in [0.4, 0.5) is 0 Å². The maximum Gasteiger partial charge on any atom is 0.338 e. The van der Waals surface area contributed by atoms with Gasteiger partial charge < -0.3 is 14.2 Å². The Morgan fingerprint density at radius 2 is 2.14 bits per heavy atom. The van der Waals surface area contributed by atoms with Gasteiger partial charge in [-0.1, -0.05) is 30.3 Å². The average Bonchev–Trinajstić information content (AvgIpc) is 2.76. The van der Waals surface area contributed by atoms with Gasteiger partial charge in [0, 0.05) is 6.92 Å². The maximum atomic E-state index is 12.4. The summed E-state index contributed by atoms with van der Waals surface area (Å²) in [6.07, 6.45) is 1.83. The van der Waals surface area contributed by atoms with Crippen molar-refractivity contribution in [3.8, 4) is 0 Å². The third kappa shape index (κ3) is 2.68. The number of esters is 1. The van der Waals surface area contributed by atoms with Gasteiger partial charge in [-0.05, 0) is 25.3 Å². The number of carbonyl (C=O) groups is 1. The van der Waals surface area contributed by atoms with Crippen LogP contribution >= 0.6 is 0 Å². The lowest BCUT2D eigenvalue weighted by Crippen LogP contribution is -2.41. The Morgan fingerprint density at radius 3 is 2.90 bits per heavy atom. The molecule has 0 unspecified atom stereocenters. The summed E-state index contributed by atoms with van der Waals surface area (Å²) in [7, 11) is 0. The molecule has 2 aliphatic heterocycles. The van der Waals surface area contributed by atoms with Gasteiger partial charge in [0.05, 0.1) is 18.1 Å². The van der Waals surface area contributed by atoms with Gasteiger partial charge in [0.2, 0.25) is 5.79 Å². The predicted molar refractivity (Wildman–Crippen MR) is 77.1 cm³/mol. The van der Waals surface area contributed by atoms with E-state index in [0.29, 0.717) is 17.9 Å². The number of benzene rings is 1. The van der Waals surface area contributed by atoms with Crippen LogP contribution in [0.5, 0.6) is 0 Å². The maximum absolute atomic E-state index is 12.4. The first-order valence-corrected chi connectivity index (χ1v) is 7.35. The van der Waals surface area contributed by atoms with Crippen molar-refractivity contribution >= 4 is 5.97 Å². The molecule has 0 aromatic heterocycles. The summed E-state index contributed by atoms with van der Waals surface area (Å²) in [4.78, 5) is 12.4. The van der Waals surface area contributed by atoms with Gasteiger partial charge in [-0.15, -0.1) is 0 Å². The van der Waals surface area contributed by atoms with Crippen molar-refractivity contribution in [1.29, 1.82) is 0 Å². The van der Waals surface area contributed by atoms with Gasteiger partial charge >= 0.3 is 5.97 Å². The van der Waals surface area contributed by atoms with E-state index in [0.717, 1.165) is 18.4 Å². The SMILES string of the molecule is CC1=C(C(=O)OCc2ccccc2)[C@@H]2CCCO[C@]2(C)O1. The van der Waals surface area contributed by atoms with Crippen LogP contribution in [-0.4, -0.2) is 18.4 Å². The van der Waals surface area contributed by atoms with Gasteiger partial charge in [0.25, 0.3) is 0 Å². The zero-order valence-corrected chi connectivity index (χ0v) is 12.4. The zero-order chi connectivity index (χ0) is 14.9. The molecular weight excluding hydrogens is 268 g/mol. The standard InChI is InChI=1S/C17H20O4/c1-12-15(14-9-6-10-20-17(14,2)21-12)16(18)19-11-13-7-4-3-5-8-13/h3-5,7-8,14H,6,9-11H2,1-2H3/t14-,17+/m0/s1. The molecule has 21 heavy (non-hydrogen) atoms. The highest BCUT2D eigenvalue weighted by Crippen LogP contribution is 2.45. The van der Waals surface area contributed by atoms with Crippen LogP contribution in [-0.2, 0) is 25.6 Å². The summed E-state index contributed by atoms with van der Waals surface area (Å²) in [5.41, 5.74) is 1.61. The van der Waals surface area contributed by atoms with Gasteiger partial charge in [-0.3, -0.25) is 0 Å². The Kier molecular flexibility index (Phi) is 3.72. The molecule has 0 N–H and O–H groups in total. The van der Waals surface area contributed by atoms with Gasteiger partial charge in [0.15, 0.2) is 0 Å². The number of fused-ring (bicyclic) bond motifs is 1. The number of hydrogen-bond acceptors (Lipinski definition) is 4. The van der Waals surface area contributed by atoms with Gasteiger partial charge in [0.1, 0.15) is 12.4 Å². The second-order valence-electron chi connectivity index (χ2n) is 5.69. The third-order valence-electron chi connectivity index (χ3n) is 4.17. The van der Waals surface area contributed by atoms with E-state index in [1.165, 1.54) is 0 Å². The highest BCUT2D eigenvalue weighted by Gasteiger charge is 2.50. The molecule has 0 saturated carbocycles. The first-order valence-electron chi connectivity index (χ1n) is 7.35. The minimum absolute atomic E-state index is 0.0328. The fourth-order valence-corrected chi connectivity index (χ4v) is 3.12. The van der Waals surface area contributed by atoms with Crippen molar-refractivity contribution in [3.05, 3.63) is 47.2 Å². The zero-order valence-electron chi connectivity index (χ0n) is 12.4. The van der Waals surface area contributed by atoms with Crippen molar-refractivity contribution in [2.75, 3.05) is 6.61 Å². The molecule has 0 bridgehead atoms. The molecule has 112 valence electrons. The van der Waals surface area contributed by atoms with E-state index in [4.69, 9.17) is 14.2 Å². The van der Waals surface area contributed by atoms with E-state index in [1.807, 2.05) is 44.2 Å². The molecule has 0 spiro atoms. The van der Waals surface area contributed by atoms with E-state index in [1.54, 1.807) is 0 Å². The van der Waals surface area contributed by atoms with Crippen LogP contribution in [0.2, 0.25) is 0 Å². The van der Waals surface area contributed by atoms with E-state index >= 15 is 0 Å². The molecule has 2 atom stereocenters. The Balaban J connectivity index is 1.70. The van der Waals surface area contributed by atoms with Crippen molar-refractivity contribution < 1.29 is 19.0 Å². The molecule has 1 fully saturated rings. The van der Waals surface area contributed by atoms with Gasteiger partial charge in [-0.25, -0.2) is 4.79 Å². The van der Waals surface area contributed by atoms with Crippen molar-refractivity contribution in [1.82, 2.24) is 0 Å². The molecule has 4 nitrogen and oxygen atoms in total. The average molecular weight is 288 g/mol. The summed E-state index contributed by atoms with van der Waals surface area (Å²) >= 11 is 0. The summed E-state index contributed by atoms with van der Waals surface area (Å²) in [6, 6.07) is 9.67. The number of hydrogen-bond donors (Lipinski definition) is 0. The van der Waals surface area contributed by atoms with Crippen LogP contribution in [0.1, 0.15) is 32.3 Å². The molecule has 0 amide bonds. The summed E-state index contributed by atoms with van der Waals surface area (Å²) in [6.45, 7) is 4.66. The first-order chi connectivity index (χ1) is 10.1. The van der Waals surface area contributed by atoms with Crippen LogP contribution < -0.4 is 0 Å². The largest absolute Gasteiger partial charge is 0.466 e. The molecule has 2 aliphatic rings. The third-order valence-corrected chi connectivity index (χ3v) is 4.17. The van der Waals surface area contributed by atoms with Gasteiger partial charge in [-0.2, -0.15) is 0 Å². The normalized spacial score (nSPS) is 28.0. The Bertz CT molecular complexity index is 563. The van der Waals surface area contributed by atoms with E-state index in [2.05, 4.69) is 0 Å². The summed E-state index contributed by atoms with van der Waals surface area (Å²) < 4.78 is 17.0. The van der Waals surface area contributed by atoms with E-state index < -0.39 is 5.79 Å².